The van der Waals surface area contributed by atoms with E-state index in [1.807, 2.05) is 18.2 Å². The Labute approximate surface area is 146 Å². The third kappa shape index (κ3) is 3.02. The van der Waals surface area contributed by atoms with Crippen molar-refractivity contribution in [2.75, 3.05) is 13.1 Å². The number of nitrogens with one attached hydrogen (secondary N) is 1. The van der Waals surface area contributed by atoms with Gasteiger partial charge in [0.25, 0.3) is 0 Å². The molecule has 0 aromatic carbocycles. The van der Waals surface area contributed by atoms with E-state index < -0.39 is 24.9 Å². The van der Waals surface area contributed by atoms with Crippen molar-refractivity contribution in [1.82, 2.24) is 19.9 Å². The van der Waals surface area contributed by atoms with Crippen molar-refractivity contribution in [2.24, 2.45) is 0 Å². The van der Waals surface area contributed by atoms with E-state index >= 15 is 0 Å². The first kappa shape index (κ1) is 16.6. The fourth-order valence-electron chi connectivity index (χ4n) is 3.24. The molecule has 1 N–H and O–H groups in total. The van der Waals surface area contributed by atoms with Gasteiger partial charge in [0.1, 0.15) is 5.65 Å². The minimum absolute atomic E-state index is 0.261. The molecule has 0 aliphatic carbocycles. The monoisotopic (exact) mass is 360 g/mol. The molecule has 3 aromatic rings. The maximum Gasteiger partial charge on any atom is 0.389 e. The van der Waals surface area contributed by atoms with Crippen LogP contribution >= 0.6 is 0 Å². The van der Waals surface area contributed by atoms with Crippen molar-refractivity contribution >= 4 is 33.3 Å². The number of nitrogens with zero attached hydrogens (tertiary/aromatic N) is 3. The van der Waals surface area contributed by atoms with Crippen LogP contribution in [-0.2, 0) is 4.79 Å². The van der Waals surface area contributed by atoms with Crippen molar-refractivity contribution in [3.05, 3.63) is 42.5 Å². The van der Waals surface area contributed by atoms with Gasteiger partial charge in [-0.3, -0.25) is 9.78 Å². The summed E-state index contributed by atoms with van der Waals surface area (Å²) in [5.41, 5.74) is 2.31. The van der Waals surface area contributed by atoms with E-state index in [9.17, 15) is 18.0 Å². The van der Waals surface area contributed by atoms with Crippen LogP contribution in [0.2, 0.25) is 0 Å². The molecule has 0 bridgehead atoms. The molecule has 4 heterocycles. The van der Waals surface area contributed by atoms with E-state index in [-0.39, 0.29) is 6.54 Å². The lowest BCUT2D eigenvalue weighted by atomic mass is 10.0. The zero-order chi connectivity index (χ0) is 18.3. The summed E-state index contributed by atoms with van der Waals surface area (Å²) in [5, 5.41) is 2.77. The SMILES string of the molecule is O=C(CCC(F)(F)F)N1CC=C(c2nccc3cnc4[nH]ccc4c23)C1. The molecule has 0 spiro atoms. The van der Waals surface area contributed by atoms with Crippen molar-refractivity contribution in [2.45, 2.75) is 19.0 Å². The van der Waals surface area contributed by atoms with Crippen molar-refractivity contribution < 1.29 is 18.0 Å². The van der Waals surface area contributed by atoms with Crippen molar-refractivity contribution in [1.29, 1.82) is 0 Å². The summed E-state index contributed by atoms with van der Waals surface area (Å²) in [6.45, 7) is 0.558. The highest BCUT2D eigenvalue weighted by Crippen LogP contribution is 2.31. The summed E-state index contributed by atoms with van der Waals surface area (Å²) >= 11 is 0. The lowest BCUT2D eigenvalue weighted by Crippen LogP contribution is -2.29. The second-order valence-electron chi connectivity index (χ2n) is 6.24. The van der Waals surface area contributed by atoms with Crippen molar-refractivity contribution in [3.8, 4) is 0 Å². The zero-order valence-electron chi connectivity index (χ0n) is 13.7. The number of alkyl halides is 3. The third-order valence-electron chi connectivity index (χ3n) is 4.51. The number of pyridine rings is 2. The molecule has 1 aliphatic rings. The van der Waals surface area contributed by atoms with E-state index in [1.54, 1.807) is 18.6 Å². The molecular weight excluding hydrogens is 345 g/mol. The fourth-order valence-corrected chi connectivity index (χ4v) is 3.24. The fraction of sp³-hybridized carbons (Fsp3) is 0.278. The Hall–Kier alpha value is -2.90. The largest absolute Gasteiger partial charge is 0.389 e. The number of halogens is 3. The van der Waals surface area contributed by atoms with Gasteiger partial charge < -0.3 is 9.88 Å². The van der Waals surface area contributed by atoms with E-state index in [0.717, 1.165) is 33.1 Å². The van der Waals surface area contributed by atoms with Gasteiger partial charge in [-0.05, 0) is 17.7 Å². The Morgan fingerprint density at radius 3 is 2.92 bits per heavy atom. The van der Waals surface area contributed by atoms with Gasteiger partial charge >= 0.3 is 6.18 Å². The Bertz CT molecular complexity index is 1020. The first-order valence-electron chi connectivity index (χ1n) is 8.17. The second-order valence-corrected chi connectivity index (χ2v) is 6.24. The number of hydrogen-bond donors (Lipinski definition) is 1. The number of carbonyl (C=O) groups is 1. The van der Waals surface area contributed by atoms with Crippen LogP contribution in [0.3, 0.4) is 0 Å². The highest BCUT2D eigenvalue weighted by molar-refractivity contribution is 6.09. The number of carbonyl (C=O) groups excluding carboxylic acids is 1. The first-order chi connectivity index (χ1) is 12.4. The number of rotatable bonds is 3. The molecule has 1 amide bonds. The van der Waals surface area contributed by atoms with Crippen LogP contribution < -0.4 is 0 Å². The van der Waals surface area contributed by atoms with Gasteiger partial charge in [-0.2, -0.15) is 13.2 Å². The predicted molar refractivity (Wildman–Crippen MR) is 91.2 cm³/mol. The molecule has 0 saturated carbocycles. The molecule has 0 unspecified atom stereocenters. The zero-order valence-corrected chi connectivity index (χ0v) is 13.7. The van der Waals surface area contributed by atoms with Crippen LogP contribution in [0.5, 0.6) is 0 Å². The predicted octanol–water partition coefficient (Wildman–Crippen LogP) is 3.68. The lowest BCUT2D eigenvalue weighted by molar-refractivity contribution is -0.148. The molecule has 5 nitrogen and oxygen atoms in total. The van der Waals surface area contributed by atoms with Gasteiger partial charge in [-0.25, -0.2) is 4.98 Å². The smallest absolute Gasteiger partial charge is 0.346 e. The van der Waals surface area contributed by atoms with Gasteiger partial charge in [-0.15, -0.1) is 0 Å². The summed E-state index contributed by atoms with van der Waals surface area (Å²) in [6, 6.07) is 3.78. The summed E-state index contributed by atoms with van der Waals surface area (Å²) < 4.78 is 37.0. The molecular formula is C18H15F3N4O. The molecule has 4 rings (SSSR count). The molecule has 0 saturated heterocycles. The normalized spacial score (nSPS) is 15.0. The minimum atomic E-state index is -4.32. The van der Waals surface area contributed by atoms with Crippen LogP contribution in [-0.4, -0.2) is 45.0 Å². The molecule has 8 heteroatoms. The maximum atomic E-state index is 12.3. The average molecular weight is 360 g/mol. The van der Waals surface area contributed by atoms with Crippen LogP contribution in [0.4, 0.5) is 13.2 Å². The third-order valence-corrected chi connectivity index (χ3v) is 4.51. The average Bonchev–Trinajstić information content (AvgIpc) is 3.27. The second kappa shape index (κ2) is 6.12. The Morgan fingerprint density at radius 1 is 1.27 bits per heavy atom. The number of aromatic amines is 1. The molecule has 0 fully saturated rings. The Morgan fingerprint density at radius 2 is 2.12 bits per heavy atom. The standard InChI is InChI=1S/C18H15F3N4O/c19-18(20,21)5-1-14(26)25-8-4-12(10-25)16-15-11(2-6-22-16)9-24-17-13(15)3-7-23-17/h2-4,6-7,9H,1,5,8,10H2,(H,23,24). The van der Waals surface area contributed by atoms with E-state index in [0.29, 0.717) is 6.54 Å². The summed E-state index contributed by atoms with van der Waals surface area (Å²) in [5.74, 6) is -0.498. The van der Waals surface area contributed by atoms with Crippen LogP contribution in [0.15, 0.2) is 36.8 Å². The Balaban J connectivity index is 1.61. The molecule has 0 radical (unpaired) electrons. The highest BCUT2D eigenvalue weighted by Gasteiger charge is 2.30. The summed E-state index contributed by atoms with van der Waals surface area (Å²) in [6.07, 6.45) is 1.12. The number of hydrogen-bond acceptors (Lipinski definition) is 3. The topological polar surface area (TPSA) is 61.9 Å². The van der Waals surface area contributed by atoms with Crippen LogP contribution in [0.25, 0.3) is 27.4 Å². The molecule has 0 atom stereocenters. The summed E-state index contributed by atoms with van der Waals surface area (Å²) in [4.78, 5) is 25.4. The lowest BCUT2D eigenvalue weighted by Gasteiger charge is -2.17. The van der Waals surface area contributed by atoms with Crippen molar-refractivity contribution in [3.63, 3.8) is 0 Å². The Kier molecular flexibility index (Phi) is 3.90. The number of fused-ring (bicyclic) bond motifs is 3. The van der Waals surface area contributed by atoms with Gasteiger partial charge in [0.2, 0.25) is 5.91 Å². The van der Waals surface area contributed by atoms with Gasteiger partial charge in [0.15, 0.2) is 0 Å². The summed E-state index contributed by atoms with van der Waals surface area (Å²) in [7, 11) is 0. The first-order valence-corrected chi connectivity index (χ1v) is 8.17. The maximum absolute atomic E-state index is 12.3. The van der Waals surface area contributed by atoms with Gasteiger partial charge in [0.05, 0.1) is 12.1 Å². The van der Waals surface area contributed by atoms with E-state index in [1.165, 1.54) is 4.90 Å². The number of aromatic nitrogens is 3. The van der Waals surface area contributed by atoms with Gasteiger partial charge in [0, 0.05) is 54.3 Å². The molecule has 1 aliphatic heterocycles. The van der Waals surface area contributed by atoms with E-state index in [4.69, 9.17) is 0 Å². The quantitative estimate of drug-likeness (QED) is 0.775. The highest BCUT2D eigenvalue weighted by atomic mass is 19.4. The molecule has 134 valence electrons. The number of H-pyrrole nitrogens is 1. The van der Waals surface area contributed by atoms with Crippen LogP contribution in [0, 0.1) is 0 Å². The minimum Gasteiger partial charge on any atom is -0.346 e. The molecule has 26 heavy (non-hydrogen) atoms. The van der Waals surface area contributed by atoms with Gasteiger partial charge in [-0.1, -0.05) is 6.08 Å². The van der Waals surface area contributed by atoms with E-state index in [2.05, 4.69) is 15.0 Å². The number of amides is 1. The molecule has 3 aromatic heterocycles. The van der Waals surface area contributed by atoms with Crippen LogP contribution in [0.1, 0.15) is 18.5 Å².